The molecule has 70 heavy (non-hydrogen) atoms. The number of unbranched alkanes of at least 4 members (excludes halogenated alkanes) is 35. The Balaban J connectivity index is 2.09. The van der Waals surface area contributed by atoms with Crippen LogP contribution in [0.2, 0.25) is 0 Å². The van der Waals surface area contributed by atoms with E-state index in [1.807, 2.05) is 6.08 Å². The van der Waals surface area contributed by atoms with Gasteiger partial charge < -0.3 is 40.3 Å². The maximum atomic E-state index is 13.0. The Labute approximate surface area is 431 Å². The SMILES string of the molecule is CCCCCCCC/C=C/CC/C=C/C(O)C(COC1OC(CO)C(O)C(O)C1O)NC(=O)CCCCCCCCCCCCCCCCCCC/C=C\C/C=C\CCCCCCCCCCCCC. The molecule has 0 aromatic rings. The predicted molar refractivity (Wildman–Crippen MR) is 295 cm³/mol. The Bertz CT molecular complexity index is 1240. The molecule has 7 atom stereocenters. The Hall–Kier alpha value is -1.85. The van der Waals surface area contributed by atoms with Crippen LogP contribution in [0.5, 0.6) is 0 Å². The number of hydrogen-bond acceptors (Lipinski definition) is 8. The van der Waals surface area contributed by atoms with Gasteiger partial charge in [0.15, 0.2) is 6.29 Å². The third kappa shape index (κ3) is 39.7. The van der Waals surface area contributed by atoms with Crippen LogP contribution in [0.1, 0.15) is 277 Å². The minimum absolute atomic E-state index is 0.186. The maximum absolute atomic E-state index is 13.0. The van der Waals surface area contributed by atoms with Crippen molar-refractivity contribution in [3.8, 4) is 0 Å². The first kappa shape index (κ1) is 66.2. The second kappa shape index (κ2) is 50.7. The third-order valence-electron chi connectivity index (χ3n) is 14.1. The molecular weight excluding hydrogens is 875 g/mol. The molecule has 410 valence electrons. The fourth-order valence-electron chi connectivity index (χ4n) is 9.38. The highest BCUT2D eigenvalue weighted by atomic mass is 16.7. The van der Waals surface area contributed by atoms with Gasteiger partial charge in [-0.1, -0.05) is 255 Å². The van der Waals surface area contributed by atoms with Crippen molar-refractivity contribution in [1.82, 2.24) is 5.32 Å². The van der Waals surface area contributed by atoms with E-state index in [0.29, 0.717) is 6.42 Å². The number of amides is 1. The van der Waals surface area contributed by atoms with Crippen LogP contribution in [-0.4, -0.2) is 87.5 Å². The highest BCUT2D eigenvalue weighted by Crippen LogP contribution is 2.23. The van der Waals surface area contributed by atoms with Crippen LogP contribution in [0, 0.1) is 0 Å². The standard InChI is InChI=1S/C61H113NO8/c1-3-5-7-9-11-13-15-17-18-19-20-21-22-23-24-25-26-27-28-29-30-31-32-33-34-35-36-37-38-39-41-43-45-47-49-51-57(65)62-54(53-69-61-60(68)59(67)58(66)56(52-63)70-61)55(64)50-48-46-44-42-40-16-14-12-10-8-6-4-2/h22-23,25-26,40,42,48,50,54-56,58-61,63-64,66-68H,3-21,24,27-39,41,43-47,49,51-53H2,1-2H3,(H,62,65)/b23-22-,26-25-,42-40+,50-48+. The fourth-order valence-corrected chi connectivity index (χ4v) is 9.38. The van der Waals surface area contributed by atoms with Crippen LogP contribution >= 0.6 is 0 Å². The van der Waals surface area contributed by atoms with Crippen molar-refractivity contribution in [2.24, 2.45) is 0 Å². The summed E-state index contributed by atoms with van der Waals surface area (Å²) < 4.78 is 11.2. The van der Waals surface area contributed by atoms with Crippen molar-refractivity contribution in [1.29, 1.82) is 0 Å². The third-order valence-corrected chi connectivity index (χ3v) is 14.1. The molecule has 7 unspecified atom stereocenters. The molecule has 1 heterocycles. The Morgan fingerprint density at radius 3 is 1.29 bits per heavy atom. The minimum atomic E-state index is -1.57. The van der Waals surface area contributed by atoms with Gasteiger partial charge in [-0.25, -0.2) is 0 Å². The highest BCUT2D eigenvalue weighted by molar-refractivity contribution is 5.76. The van der Waals surface area contributed by atoms with E-state index in [1.54, 1.807) is 6.08 Å². The van der Waals surface area contributed by atoms with E-state index in [1.165, 1.54) is 212 Å². The molecule has 1 saturated heterocycles. The lowest BCUT2D eigenvalue weighted by atomic mass is 9.99. The Kier molecular flexibility index (Phi) is 47.9. The number of ether oxygens (including phenoxy) is 2. The minimum Gasteiger partial charge on any atom is -0.394 e. The van der Waals surface area contributed by atoms with Gasteiger partial charge in [0.05, 0.1) is 25.4 Å². The van der Waals surface area contributed by atoms with Gasteiger partial charge in [-0.3, -0.25) is 4.79 Å². The van der Waals surface area contributed by atoms with Crippen LogP contribution in [0.15, 0.2) is 48.6 Å². The van der Waals surface area contributed by atoms with Crippen LogP contribution < -0.4 is 5.32 Å². The molecule has 0 radical (unpaired) electrons. The van der Waals surface area contributed by atoms with Crippen molar-refractivity contribution in [3.63, 3.8) is 0 Å². The van der Waals surface area contributed by atoms with Crippen molar-refractivity contribution < 1.29 is 39.8 Å². The zero-order valence-electron chi connectivity index (χ0n) is 45.5. The first-order valence-electron chi connectivity index (χ1n) is 29.9. The number of hydrogen-bond donors (Lipinski definition) is 6. The summed E-state index contributed by atoms with van der Waals surface area (Å²) in [6.45, 7) is 3.76. The molecule has 9 nitrogen and oxygen atoms in total. The van der Waals surface area contributed by atoms with Crippen LogP contribution in [0.4, 0.5) is 0 Å². The lowest BCUT2D eigenvalue weighted by molar-refractivity contribution is -0.302. The molecule has 0 aromatic heterocycles. The van der Waals surface area contributed by atoms with Crippen molar-refractivity contribution in [2.45, 2.75) is 320 Å². The molecule has 0 spiro atoms. The molecule has 9 heteroatoms. The summed E-state index contributed by atoms with van der Waals surface area (Å²) in [5.74, 6) is -0.186. The topological polar surface area (TPSA) is 149 Å². The average molecular weight is 989 g/mol. The van der Waals surface area contributed by atoms with Crippen molar-refractivity contribution in [2.75, 3.05) is 13.2 Å². The zero-order valence-corrected chi connectivity index (χ0v) is 45.5. The number of aliphatic hydroxyl groups excluding tert-OH is 5. The van der Waals surface area contributed by atoms with Gasteiger partial charge in [-0.05, 0) is 64.2 Å². The molecule has 1 aliphatic rings. The average Bonchev–Trinajstić information content (AvgIpc) is 3.36. The van der Waals surface area contributed by atoms with E-state index < -0.39 is 49.5 Å². The number of rotatable bonds is 51. The Morgan fingerprint density at radius 1 is 0.486 bits per heavy atom. The number of nitrogens with one attached hydrogen (secondary N) is 1. The summed E-state index contributed by atoms with van der Waals surface area (Å²) >= 11 is 0. The van der Waals surface area contributed by atoms with Crippen molar-refractivity contribution >= 4 is 5.91 Å². The molecular formula is C61H113NO8. The van der Waals surface area contributed by atoms with E-state index in [2.05, 4.69) is 55.6 Å². The molecule has 1 amide bonds. The van der Waals surface area contributed by atoms with Crippen LogP contribution in [-0.2, 0) is 14.3 Å². The van der Waals surface area contributed by atoms with E-state index in [9.17, 15) is 30.3 Å². The van der Waals surface area contributed by atoms with Crippen LogP contribution in [0.3, 0.4) is 0 Å². The normalized spacial score (nSPS) is 19.7. The van der Waals surface area contributed by atoms with Gasteiger partial charge in [0.25, 0.3) is 0 Å². The molecule has 1 aliphatic heterocycles. The van der Waals surface area contributed by atoms with Gasteiger partial charge in [0.1, 0.15) is 24.4 Å². The van der Waals surface area contributed by atoms with E-state index in [4.69, 9.17) is 9.47 Å². The molecule has 6 N–H and O–H groups in total. The second-order valence-corrected chi connectivity index (χ2v) is 20.8. The maximum Gasteiger partial charge on any atom is 0.220 e. The zero-order chi connectivity index (χ0) is 50.8. The van der Waals surface area contributed by atoms with E-state index in [0.717, 1.165) is 44.9 Å². The lowest BCUT2D eigenvalue weighted by Gasteiger charge is -2.40. The summed E-state index contributed by atoms with van der Waals surface area (Å²) in [5, 5.41) is 54.3. The van der Waals surface area contributed by atoms with Gasteiger partial charge in [-0.15, -0.1) is 0 Å². The summed E-state index contributed by atoms with van der Waals surface area (Å²) in [7, 11) is 0. The molecule has 0 saturated carbocycles. The Morgan fingerprint density at radius 2 is 0.857 bits per heavy atom. The van der Waals surface area contributed by atoms with Gasteiger partial charge in [0.2, 0.25) is 5.91 Å². The molecule has 1 fully saturated rings. The fraction of sp³-hybridized carbons (Fsp3) is 0.852. The summed E-state index contributed by atoms with van der Waals surface area (Å²) in [4.78, 5) is 13.0. The van der Waals surface area contributed by atoms with Crippen molar-refractivity contribution in [3.05, 3.63) is 48.6 Å². The quantitative estimate of drug-likeness (QED) is 0.0261. The van der Waals surface area contributed by atoms with Gasteiger partial charge in [0, 0.05) is 6.42 Å². The number of carbonyl (C=O) groups is 1. The van der Waals surface area contributed by atoms with E-state index >= 15 is 0 Å². The van der Waals surface area contributed by atoms with Gasteiger partial charge in [-0.2, -0.15) is 0 Å². The molecule has 0 aliphatic carbocycles. The first-order valence-corrected chi connectivity index (χ1v) is 29.9. The first-order chi connectivity index (χ1) is 34.3. The molecule has 0 bridgehead atoms. The lowest BCUT2D eigenvalue weighted by Crippen LogP contribution is -2.60. The second-order valence-electron chi connectivity index (χ2n) is 20.8. The monoisotopic (exact) mass is 988 g/mol. The largest absolute Gasteiger partial charge is 0.394 e. The number of carbonyl (C=O) groups excluding carboxylic acids is 1. The van der Waals surface area contributed by atoms with Gasteiger partial charge >= 0.3 is 0 Å². The predicted octanol–water partition coefficient (Wildman–Crippen LogP) is 14.9. The smallest absolute Gasteiger partial charge is 0.220 e. The summed E-state index contributed by atoms with van der Waals surface area (Å²) in [5.41, 5.74) is 0. The summed E-state index contributed by atoms with van der Waals surface area (Å²) in [6.07, 6.45) is 60.7. The number of aliphatic hydroxyl groups is 5. The van der Waals surface area contributed by atoms with Crippen LogP contribution in [0.25, 0.3) is 0 Å². The molecule has 0 aromatic carbocycles. The van der Waals surface area contributed by atoms with E-state index in [-0.39, 0.29) is 12.5 Å². The highest BCUT2D eigenvalue weighted by Gasteiger charge is 2.44. The number of allylic oxidation sites excluding steroid dienone is 7. The molecule has 1 rings (SSSR count). The summed E-state index contributed by atoms with van der Waals surface area (Å²) in [6, 6.07) is -0.820.